The molecule has 0 spiro atoms. The van der Waals surface area contributed by atoms with E-state index in [4.69, 9.17) is 21.6 Å². The highest BCUT2D eigenvalue weighted by molar-refractivity contribution is 6.30. The molecule has 0 atom stereocenters. The molecule has 23 heavy (non-hydrogen) atoms. The maximum absolute atomic E-state index is 11.8. The summed E-state index contributed by atoms with van der Waals surface area (Å²) >= 11 is 6.06. The fourth-order valence-electron chi connectivity index (χ4n) is 2.43. The van der Waals surface area contributed by atoms with Crippen molar-refractivity contribution >= 4 is 23.1 Å². The molecular formula is C18H17ClN2O2. The molecule has 2 aromatic rings. The molecule has 0 radical (unpaired) electrons. The molecule has 0 aliphatic carbocycles. The minimum atomic E-state index is -0.0469. The summed E-state index contributed by atoms with van der Waals surface area (Å²) in [7, 11) is 3.47. The molecular weight excluding hydrogens is 312 g/mol. The molecule has 0 saturated heterocycles. The molecule has 0 fully saturated rings. The van der Waals surface area contributed by atoms with E-state index in [0.29, 0.717) is 28.4 Å². The first-order valence-corrected chi connectivity index (χ1v) is 7.42. The molecule has 0 unspecified atom stereocenters. The second kappa shape index (κ2) is 7.17. The molecule has 0 N–H and O–H groups in total. The Bertz CT molecular complexity index is 781. The highest BCUT2D eigenvalue weighted by Crippen LogP contribution is 2.28. The van der Waals surface area contributed by atoms with Gasteiger partial charge in [0.05, 0.1) is 18.7 Å². The maximum Gasteiger partial charge on any atom is 0.161 e. The second-order valence-corrected chi connectivity index (χ2v) is 5.65. The minimum absolute atomic E-state index is 0.0469. The predicted octanol–water partition coefficient (Wildman–Crippen LogP) is 4.06. The number of Topliss-reactive ketones (excluding diaryl/α,β-unsaturated/α-hetero) is 1. The Hall–Kier alpha value is -2.51. The number of hydrogen-bond acceptors (Lipinski definition) is 4. The quantitative estimate of drug-likeness (QED) is 0.777. The average Bonchev–Trinajstić information content (AvgIpc) is 2.54. The lowest BCUT2D eigenvalue weighted by atomic mass is 10.0. The summed E-state index contributed by atoms with van der Waals surface area (Å²) in [5.74, 6) is 0.677. The van der Waals surface area contributed by atoms with E-state index in [0.717, 1.165) is 11.3 Å². The molecule has 0 bridgehead atoms. The Kier molecular flexibility index (Phi) is 5.25. The molecule has 118 valence electrons. The first-order chi connectivity index (χ1) is 11.0. The Morgan fingerprint density at radius 2 is 2.04 bits per heavy atom. The molecule has 0 aliphatic heterocycles. The molecule has 5 heteroatoms. The third-order valence-electron chi connectivity index (χ3n) is 3.57. The van der Waals surface area contributed by atoms with E-state index < -0.39 is 0 Å². The molecule has 2 aromatic carbocycles. The van der Waals surface area contributed by atoms with E-state index >= 15 is 0 Å². The summed E-state index contributed by atoms with van der Waals surface area (Å²) in [6.45, 7) is 2.01. The third kappa shape index (κ3) is 3.82. The van der Waals surface area contributed by atoms with E-state index in [1.54, 1.807) is 31.4 Å². The summed E-state index contributed by atoms with van der Waals surface area (Å²) in [5.41, 5.74) is 2.69. The first-order valence-electron chi connectivity index (χ1n) is 7.05. The molecule has 0 heterocycles. The summed E-state index contributed by atoms with van der Waals surface area (Å²) in [5, 5.41) is 9.71. The zero-order chi connectivity index (χ0) is 17.0. The SMILES string of the molecule is COc1ccc(Cl)cc1CN(C)c1cc(C#N)ccc1C(C)=O. The van der Waals surface area contributed by atoms with E-state index in [1.807, 2.05) is 24.1 Å². The number of nitrogens with zero attached hydrogens (tertiary/aromatic N) is 2. The first kappa shape index (κ1) is 16.9. The topological polar surface area (TPSA) is 53.3 Å². The van der Waals surface area contributed by atoms with Gasteiger partial charge in [-0.3, -0.25) is 4.79 Å². The Balaban J connectivity index is 2.41. The van der Waals surface area contributed by atoms with Crippen LogP contribution >= 0.6 is 11.6 Å². The van der Waals surface area contributed by atoms with Crippen LogP contribution in [0.25, 0.3) is 0 Å². The van der Waals surface area contributed by atoms with Gasteiger partial charge in [-0.25, -0.2) is 0 Å². The lowest BCUT2D eigenvalue weighted by Gasteiger charge is -2.23. The Labute approximate surface area is 140 Å². The van der Waals surface area contributed by atoms with Gasteiger partial charge in [0.25, 0.3) is 0 Å². The number of carbonyl (C=O) groups excluding carboxylic acids is 1. The van der Waals surface area contributed by atoms with Crippen LogP contribution in [-0.2, 0) is 6.54 Å². The van der Waals surface area contributed by atoms with Crippen molar-refractivity contribution in [1.82, 2.24) is 0 Å². The Morgan fingerprint density at radius 1 is 1.30 bits per heavy atom. The fraction of sp³-hybridized carbons (Fsp3) is 0.222. The average molecular weight is 329 g/mol. The van der Waals surface area contributed by atoms with Crippen molar-refractivity contribution in [3.8, 4) is 11.8 Å². The van der Waals surface area contributed by atoms with Crippen LogP contribution in [0.5, 0.6) is 5.75 Å². The third-order valence-corrected chi connectivity index (χ3v) is 3.80. The van der Waals surface area contributed by atoms with Crippen LogP contribution in [0.1, 0.15) is 28.4 Å². The number of ketones is 1. The number of methoxy groups -OCH3 is 1. The standard InChI is InChI=1S/C18H17ClN2O2/c1-12(22)16-6-4-13(10-20)8-17(16)21(2)11-14-9-15(19)5-7-18(14)23-3/h4-9H,11H2,1-3H3. The van der Waals surface area contributed by atoms with Crippen LogP contribution in [0.15, 0.2) is 36.4 Å². The minimum Gasteiger partial charge on any atom is -0.496 e. The van der Waals surface area contributed by atoms with Crippen LogP contribution in [-0.4, -0.2) is 19.9 Å². The predicted molar refractivity (Wildman–Crippen MR) is 91.3 cm³/mol. The fourth-order valence-corrected chi connectivity index (χ4v) is 2.62. The Morgan fingerprint density at radius 3 is 2.65 bits per heavy atom. The van der Waals surface area contributed by atoms with Crippen molar-refractivity contribution in [2.45, 2.75) is 13.5 Å². The molecule has 0 aliphatic rings. The van der Waals surface area contributed by atoms with Gasteiger partial charge in [0.1, 0.15) is 5.75 Å². The number of anilines is 1. The van der Waals surface area contributed by atoms with E-state index in [2.05, 4.69) is 6.07 Å². The highest BCUT2D eigenvalue weighted by Gasteiger charge is 2.14. The lowest BCUT2D eigenvalue weighted by molar-refractivity contribution is 0.101. The normalized spacial score (nSPS) is 10.0. The van der Waals surface area contributed by atoms with Crippen molar-refractivity contribution in [2.75, 3.05) is 19.1 Å². The van der Waals surface area contributed by atoms with Gasteiger partial charge in [-0.2, -0.15) is 5.26 Å². The monoisotopic (exact) mass is 328 g/mol. The molecule has 0 saturated carbocycles. The van der Waals surface area contributed by atoms with Gasteiger partial charge in [0.15, 0.2) is 5.78 Å². The van der Waals surface area contributed by atoms with Gasteiger partial charge in [0, 0.05) is 35.4 Å². The van der Waals surface area contributed by atoms with Crippen LogP contribution in [0.3, 0.4) is 0 Å². The van der Waals surface area contributed by atoms with Crippen LogP contribution in [0, 0.1) is 11.3 Å². The molecule has 2 rings (SSSR count). The zero-order valence-electron chi connectivity index (χ0n) is 13.3. The largest absolute Gasteiger partial charge is 0.496 e. The zero-order valence-corrected chi connectivity index (χ0v) is 14.0. The molecule has 4 nitrogen and oxygen atoms in total. The molecule has 0 aromatic heterocycles. The smallest absolute Gasteiger partial charge is 0.161 e. The summed E-state index contributed by atoms with van der Waals surface area (Å²) in [4.78, 5) is 13.8. The van der Waals surface area contributed by atoms with Crippen molar-refractivity contribution in [3.05, 3.63) is 58.1 Å². The number of ether oxygens (including phenoxy) is 1. The highest BCUT2D eigenvalue weighted by atomic mass is 35.5. The summed E-state index contributed by atoms with van der Waals surface area (Å²) in [6, 6.07) is 12.6. The number of halogens is 1. The van der Waals surface area contributed by atoms with Gasteiger partial charge in [-0.1, -0.05) is 11.6 Å². The van der Waals surface area contributed by atoms with Crippen molar-refractivity contribution in [3.63, 3.8) is 0 Å². The molecule has 0 amide bonds. The van der Waals surface area contributed by atoms with Gasteiger partial charge in [-0.15, -0.1) is 0 Å². The van der Waals surface area contributed by atoms with Crippen molar-refractivity contribution in [2.24, 2.45) is 0 Å². The number of carbonyl (C=O) groups is 1. The van der Waals surface area contributed by atoms with Gasteiger partial charge in [-0.05, 0) is 43.3 Å². The summed E-state index contributed by atoms with van der Waals surface area (Å²) in [6.07, 6.45) is 0. The number of benzene rings is 2. The van der Waals surface area contributed by atoms with Crippen LogP contribution in [0.4, 0.5) is 5.69 Å². The van der Waals surface area contributed by atoms with Gasteiger partial charge < -0.3 is 9.64 Å². The van der Waals surface area contributed by atoms with Crippen LogP contribution in [0.2, 0.25) is 5.02 Å². The van der Waals surface area contributed by atoms with E-state index in [9.17, 15) is 4.79 Å². The van der Waals surface area contributed by atoms with Crippen molar-refractivity contribution in [1.29, 1.82) is 5.26 Å². The second-order valence-electron chi connectivity index (χ2n) is 5.21. The van der Waals surface area contributed by atoms with E-state index in [1.165, 1.54) is 6.92 Å². The maximum atomic E-state index is 11.8. The van der Waals surface area contributed by atoms with Crippen molar-refractivity contribution < 1.29 is 9.53 Å². The van der Waals surface area contributed by atoms with Crippen LogP contribution < -0.4 is 9.64 Å². The van der Waals surface area contributed by atoms with Gasteiger partial charge >= 0.3 is 0 Å². The number of rotatable bonds is 5. The summed E-state index contributed by atoms with van der Waals surface area (Å²) < 4.78 is 5.36. The van der Waals surface area contributed by atoms with E-state index in [-0.39, 0.29) is 5.78 Å². The number of nitriles is 1. The van der Waals surface area contributed by atoms with Gasteiger partial charge in [0.2, 0.25) is 0 Å². The lowest BCUT2D eigenvalue weighted by Crippen LogP contribution is -2.19. The number of hydrogen-bond donors (Lipinski definition) is 0.